The second kappa shape index (κ2) is 6.98. The van der Waals surface area contributed by atoms with Gasteiger partial charge < -0.3 is 9.80 Å². The van der Waals surface area contributed by atoms with Crippen molar-refractivity contribution < 1.29 is 4.79 Å². The highest BCUT2D eigenvalue weighted by atomic mass is 16.2. The van der Waals surface area contributed by atoms with E-state index in [1.807, 2.05) is 19.2 Å². The maximum Gasteiger partial charge on any atom is 0.258 e. The van der Waals surface area contributed by atoms with E-state index in [1.54, 1.807) is 4.90 Å². The fraction of sp³-hybridized carbons (Fsp3) is 0.0882. The van der Waals surface area contributed by atoms with E-state index in [4.69, 9.17) is 0 Å². The zero-order valence-corrected chi connectivity index (χ0v) is 21.0. The highest BCUT2D eigenvalue weighted by Crippen LogP contribution is 2.47. The summed E-state index contributed by atoms with van der Waals surface area (Å²) in [5.41, 5.74) is 5.38. The minimum absolute atomic E-state index is 0.0661. The lowest BCUT2D eigenvalue weighted by atomic mass is 9.86. The third kappa shape index (κ3) is 2.48. The lowest BCUT2D eigenvalue weighted by molar-refractivity contribution is 0.0999. The van der Waals surface area contributed by atoms with Gasteiger partial charge in [0.1, 0.15) is 0 Å². The van der Waals surface area contributed by atoms with Crippen molar-refractivity contribution in [2.75, 3.05) is 30.9 Å². The zero-order valence-electron chi connectivity index (χ0n) is 21.0. The Kier molecular flexibility index (Phi) is 3.88. The Hall–Kier alpha value is -4.63. The van der Waals surface area contributed by atoms with E-state index in [9.17, 15) is 4.79 Å². The lowest BCUT2D eigenvalue weighted by Crippen LogP contribution is -2.20. The molecule has 0 aromatic heterocycles. The second-order valence-corrected chi connectivity index (χ2v) is 10.4. The van der Waals surface area contributed by atoms with Crippen molar-refractivity contribution in [3.8, 4) is 11.1 Å². The molecule has 1 aliphatic rings. The summed E-state index contributed by atoms with van der Waals surface area (Å²) in [6, 6.07) is 32.8. The van der Waals surface area contributed by atoms with E-state index < -0.39 is 0 Å². The van der Waals surface area contributed by atoms with Gasteiger partial charge in [-0.25, -0.2) is 0 Å². The molecule has 0 saturated carbocycles. The summed E-state index contributed by atoms with van der Waals surface area (Å²) < 4.78 is 0. The van der Waals surface area contributed by atoms with E-state index >= 15 is 0 Å². The van der Waals surface area contributed by atoms with Gasteiger partial charge in [-0.15, -0.1) is 0 Å². The van der Waals surface area contributed by atoms with E-state index in [-0.39, 0.29) is 5.91 Å². The van der Waals surface area contributed by atoms with Crippen LogP contribution in [0.3, 0.4) is 0 Å². The number of hydrogen-bond donors (Lipinski definition) is 0. The highest BCUT2D eigenvalue weighted by Gasteiger charge is 2.28. The van der Waals surface area contributed by atoms with Crippen LogP contribution in [0.5, 0.6) is 0 Å². The molecule has 3 nitrogen and oxygen atoms in total. The van der Waals surface area contributed by atoms with Crippen LogP contribution >= 0.6 is 0 Å². The van der Waals surface area contributed by atoms with Gasteiger partial charge in [0, 0.05) is 43.2 Å². The maximum atomic E-state index is 12.9. The Morgan fingerprint density at radius 1 is 0.514 bits per heavy atom. The molecular weight excluding hydrogens is 452 g/mol. The van der Waals surface area contributed by atoms with Crippen LogP contribution in [0.15, 0.2) is 91.0 Å². The lowest BCUT2D eigenvalue weighted by Gasteiger charge is -2.21. The third-order valence-electron chi connectivity index (χ3n) is 8.33. The smallest absolute Gasteiger partial charge is 0.258 e. The van der Waals surface area contributed by atoms with Gasteiger partial charge in [0.05, 0.1) is 5.69 Å². The first kappa shape index (κ1) is 20.6. The topological polar surface area (TPSA) is 23.6 Å². The molecule has 0 saturated heterocycles. The largest absolute Gasteiger partial charge is 0.377 e. The van der Waals surface area contributed by atoms with Crippen molar-refractivity contribution in [1.82, 2.24) is 0 Å². The van der Waals surface area contributed by atoms with Crippen LogP contribution in [0.25, 0.3) is 65.0 Å². The minimum Gasteiger partial charge on any atom is -0.377 e. The normalized spacial score (nSPS) is 13.3. The Bertz CT molecular complexity index is 2080. The van der Waals surface area contributed by atoms with Gasteiger partial charge in [-0.1, -0.05) is 72.8 Å². The summed E-state index contributed by atoms with van der Waals surface area (Å²) in [5.74, 6) is 0.0661. The number of fused-ring (bicyclic) bond motifs is 2. The standard InChI is InChI=1S/C34H24N2O/c1-35(2)29-17-16-26-23-9-4-7-21-19(13-14-25(31(21)23)24-10-5-11-27(29)32(24)26)20-15-18-30-33-22(20)8-6-12-28(33)34(37)36(30)3/h4-18H,1-3H3. The number of anilines is 2. The van der Waals surface area contributed by atoms with Gasteiger partial charge in [0.2, 0.25) is 0 Å². The molecule has 3 heteroatoms. The zero-order chi connectivity index (χ0) is 25.0. The molecule has 0 spiro atoms. The van der Waals surface area contributed by atoms with Crippen molar-refractivity contribution in [3.63, 3.8) is 0 Å². The first-order chi connectivity index (χ1) is 18.0. The predicted molar refractivity (Wildman–Crippen MR) is 158 cm³/mol. The summed E-state index contributed by atoms with van der Waals surface area (Å²) >= 11 is 0. The molecule has 0 fully saturated rings. The Morgan fingerprint density at radius 2 is 1.03 bits per heavy atom. The molecule has 37 heavy (non-hydrogen) atoms. The molecule has 1 amide bonds. The summed E-state index contributed by atoms with van der Waals surface area (Å²) in [5, 5.41) is 12.5. The van der Waals surface area contributed by atoms with E-state index in [1.165, 1.54) is 59.9 Å². The van der Waals surface area contributed by atoms with Crippen molar-refractivity contribution in [3.05, 3.63) is 96.6 Å². The fourth-order valence-corrected chi connectivity index (χ4v) is 6.69. The Labute approximate surface area is 214 Å². The van der Waals surface area contributed by atoms with Crippen molar-refractivity contribution >= 4 is 71.1 Å². The number of carbonyl (C=O) groups excluding carboxylic acids is 1. The van der Waals surface area contributed by atoms with Gasteiger partial charge in [-0.05, 0) is 72.4 Å². The third-order valence-corrected chi connectivity index (χ3v) is 8.33. The molecule has 1 aliphatic heterocycles. The minimum atomic E-state index is 0.0661. The number of hydrogen-bond acceptors (Lipinski definition) is 2. The molecule has 7 aromatic carbocycles. The average molecular weight is 477 g/mol. The average Bonchev–Trinajstić information content (AvgIpc) is 3.17. The second-order valence-electron chi connectivity index (χ2n) is 10.4. The number of carbonyl (C=O) groups is 1. The molecule has 176 valence electrons. The molecule has 0 radical (unpaired) electrons. The summed E-state index contributed by atoms with van der Waals surface area (Å²) in [7, 11) is 6.08. The first-order valence-corrected chi connectivity index (χ1v) is 12.7. The summed E-state index contributed by atoms with van der Waals surface area (Å²) in [4.78, 5) is 16.8. The van der Waals surface area contributed by atoms with E-state index in [2.05, 4.69) is 97.9 Å². The number of benzene rings is 7. The fourth-order valence-electron chi connectivity index (χ4n) is 6.69. The molecule has 0 aliphatic carbocycles. The quantitative estimate of drug-likeness (QED) is 0.185. The van der Waals surface area contributed by atoms with Crippen molar-refractivity contribution in [2.45, 2.75) is 0 Å². The molecule has 7 aromatic rings. The Balaban J connectivity index is 1.52. The Morgan fingerprint density at radius 3 is 1.73 bits per heavy atom. The SMILES string of the molecule is CN(C)c1ccc2c3cccc4c(-c5ccc6c7c(cccc57)C(=O)N6C)ccc(c5cccc1c52)c43. The van der Waals surface area contributed by atoms with Gasteiger partial charge in [0.25, 0.3) is 5.91 Å². The number of rotatable bonds is 2. The van der Waals surface area contributed by atoms with Crippen LogP contribution < -0.4 is 9.80 Å². The van der Waals surface area contributed by atoms with Crippen LogP contribution in [-0.2, 0) is 0 Å². The van der Waals surface area contributed by atoms with Gasteiger partial charge in [-0.2, -0.15) is 0 Å². The molecule has 8 rings (SSSR count). The number of nitrogens with zero attached hydrogens (tertiary/aromatic N) is 2. The van der Waals surface area contributed by atoms with Crippen molar-refractivity contribution in [1.29, 1.82) is 0 Å². The maximum absolute atomic E-state index is 12.9. The van der Waals surface area contributed by atoms with E-state index in [0.717, 1.165) is 22.0 Å². The first-order valence-electron chi connectivity index (χ1n) is 12.7. The molecular formula is C34H24N2O. The highest BCUT2D eigenvalue weighted by molar-refractivity contribution is 6.35. The molecule has 0 atom stereocenters. The molecule has 0 bridgehead atoms. The summed E-state index contributed by atoms with van der Waals surface area (Å²) in [6.07, 6.45) is 0. The van der Waals surface area contributed by atoms with Crippen molar-refractivity contribution in [2.24, 2.45) is 0 Å². The monoisotopic (exact) mass is 476 g/mol. The van der Waals surface area contributed by atoms with Gasteiger partial charge >= 0.3 is 0 Å². The van der Waals surface area contributed by atoms with Gasteiger partial charge in [0.15, 0.2) is 0 Å². The van der Waals surface area contributed by atoms with Crippen LogP contribution in [-0.4, -0.2) is 27.1 Å². The van der Waals surface area contributed by atoms with E-state index in [0.29, 0.717) is 0 Å². The number of amides is 1. The van der Waals surface area contributed by atoms with Crippen LogP contribution in [0.1, 0.15) is 10.4 Å². The van der Waals surface area contributed by atoms with Gasteiger partial charge in [-0.3, -0.25) is 4.79 Å². The molecule has 0 unspecified atom stereocenters. The van der Waals surface area contributed by atoms with Crippen LogP contribution in [0.2, 0.25) is 0 Å². The molecule has 1 heterocycles. The van der Waals surface area contributed by atoms with Crippen LogP contribution in [0.4, 0.5) is 11.4 Å². The molecule has 0 N–H and O–H groups in total. The predicted octanol–water partition coefficient (Wildman–Crippen LogP) is 8.21. The van der Waals surface area contributed by atoms with Crippen LogP contribution in [0, 0.1) is 0 Å². The summed E-state index contributed by atoms with van der Waals surface area (Å²) in [6.45, 7) is 0.